The number of carbonyl (C=O) groups excluding carboxylic acids is 1. The summed E-state index contributed by atoms with van der Waals surface area (Å²) in [6.45, 7) is 4.46. The summed E-state index contributed by atoms with van der Waals surface area (Å²) < 4.78 is 6.84. The van der Waals surface area contributed by atoms with Crippen LogP contribution in [0.15, 0.2) is 40.3 Å². The van der Waals surface area contributed by atoms with Crippen molar-refractivity contribution in [1.82, 2.24) is 14.9 Å². The topological polar surface area (TPSA) is 73.2 Å². The lowest BCUT2D eigenvalue weighted by atomic mass is 10.1. The molecule has 0 radical (unpaired) electrons. The van der Waals surface area contributed by atoms with Gasteiger partial charge in [0.05, 0.1) is 18.8 Å². The first-order valence-electron chi connectivity index (χ1n) is 8.64. The number of aromatic nitrogens is 2. The molecule has 1 aliphatic rings. The second-order valence-electron chi connectivity index (χ2n) is 6.62. The van der Waals surface area contributed by atoms with Gasteiger partial charge in [0.2, 0.25) is 5.91 Å². The molecule has 1 unspecified atom stereocenters. The van der Waals surface area contributed by atoms with E-state index in [0.717, 1.165) is 17.0 Å². The monoisotopic (exact) mass is 373 g/mol. The van der Waals surface area contributed by atoms with Crippen molar-refractivity contribution >= 4 is 17.7 Å². The van der Waals surface area contributed by atoms with Crippen molar-refractivity contribution in [2.45, 2.75) is 43.9 Å². The number of amides is 1. The molecule has 0 spiro atoms. The lowest BCUT2D eigenvalue weighted by molar-refractivity contribution is -0.121. The van der Waals surface area contributed by atoms with Crippen LogP contribution in [-0.4, -0.2) is 28.3 Å². The van der Waals surface area contributed by atoms with Crippen LogP contribution in [0.3, 0.4) is 0 Å². The number of hydrogen-bond donors (Lipinski definition) is 1. The van der Waals surface area contributed by atoms with Gasteiger partial charge >= 0.3 is 0 Å². The number of nitrogens with zero attached hydrogens (tertiary/aromatic N) is 2. The number of thioether (sulfide) groups is 1. The van der Waals surface area contributed by atoms with Gasteiger partial charge in [0.25, 0.3) is 5.56 Å². The Hall–Kier alpha value is -2.28. The fourth-order valence-electron chi connectivity index (χ4n) is 2.89. The first kappa shape index (κ1) is 18.5. The Morgan fingerprint density at radius 1 is 1.42 bits per heavy atom. The largest absolute Gasteiger partial charge is 0.497 e. The first-order chi connectivity index (χ1) is 12.5. The quantitative estimate of drug-likeness (QED) is 0.788. The summed E-state index contributed by atoms with van der Waals surface area (Å²) in [4.78, 5) is 29.3. The van der Waals surface area contributed by atoms with E-state index in [2.05, 4.69) is 10.3 Å². The molecule has 0 saturated carbocycles. The van der Waals surface area contributed by atoms with Crippen LogP contribution >= 0.6 is 11.8 Å². The lowest BCUT2D eigenvalue weighted by Gasteiger charge is -2.14. The smallest absolute Gasteiger partial charge is 0.254 e. The van der Waals surface area contributed by atoms with Crippen LogP contribution < -0.4 is 15.6 Å². The Morgan fingerprint density at radius 3 is 2.96 bits per heavy atom. The molecule has 1 amide bonds. The summed E-state index contributed by atoms with van der Waals surface area (Å²) in [6.07, 6.45) is 0.270. The molecular weight excluding hydrogens is 350 g/mol. The van der Waals surface area contributed by atoms with E-state index in [1.807, 2.05) is 38.1 Å². The Labute approximate surface area is 157 Å². The van der Waals surface area contributed by atoms with Crippen LogP contribution in [0.25, 0.3) is 0 Å². The SMILES string of the molecule is COc1cccc(CNC(=O)CC2CSc3nc(C(C)C)cc(=O)n32)c1. The molecule has 2 heterocycles. The van der Waals surface area contributed by atoms with E-state index in [1.54, 1.807) is 17.7 Å². The maximum absolute atomic E-state index is 12.4. The van der Waals surface area contributed by atoms with Gasteiger partial charge in [-0.15, -0.1) is 0 Å². The van der Waals surface area contributed by atoms with Gasteiger partial charge in [-0.3, -0.25) is 14.2 Å². The van der Waals surface area contributed by atoms with Gasteiger partial charge in [-0.05, 0) is 23.6 Å². The van der Waals surface area contributed by atoms with E-state index in [4.69, 9.17) is 4.74 Å². The molecule has 26 heavy (non-hydrogen) atoms. The third kappa shape index (κ3) is 4.09. The molecule has 1 aromatic carbocycles. The second-order valence-corrected chi connectivity index (χ2v) is 7.61. The predicted octanol–water partition coefficient (Wildman–Crippen LogP) is 2.73. The van der Waals surface area contributed by atoms with Crippen molar-refractivity contribution in [3.63, 3.8) is 0 Å². The van der Waals surface area contributed by atoms with Gasteiger partial charge in [-0.25, -0.2) is 4.98 Å². The minimum atomic E-state index is -0.151. The van der Waals surface area contributed by atoms with Crippen molar-refractivity contribution in [2.75, 3.05) is 12.9 Å². The van der Waals surface area contributed by atoms with E-state index in [1.165, 1.54) is 11.8 Å². The van der Waals surface area contributed by atoms with Gasteiger partial charge in [0.15, 0.2) is 5.16 Å². The van der Waals surface area contributed by atoms with Crippen LogP contribution in [0, 0.1) is 0 Å². The standard InChI is InChI=1S/C19H23N3O3S/c1-12(2)16-9-18(24)22-14(11-26-19(22)21-16)8-17(23)20-10-13-5-4-6-15(7-13)25-3/h4-7,9,12,14H,8,10-11H2,1-3H3,(H,20,23). The molecule has 1 aliphatic heterocycles. The molecule has 1 aromatic heterocycles. The zero-order valence-electron chi connectivity index (χ0n) is 15.2. The van der Waals surface area contributed by atoms with Crippen molar-refractivity contribution < 1.29 is 9.53 Å². The highest BCUT2D eigenvalue weighted by Crippen LogP contribution is 2.32. The molecule has 3 rings (SSSR count). The number of nitrogens with one attached hydrogen (secondary N) is 1. The average Bonchev–Trinajstić information content (AvgIpc) is 3.03. The minimum absolute atomic E-state index is 0.0747. The van der Waals surface area contributed by atoms with Gasteiger partial charge in [-0.2, -0.15) is 0 Å². The van der Waals surface area contributed by atoms with E-state index in [-0.39, 0.29) is 29.8 Å². The number of rotatable bonds is 6. The fourth-order valence-corrected chi connectivity index (χ4v) is 4.04. The molecule has 0 aliphatic carbocycles. The third-order valence-corrected chi connectivity index (χ3v) is 5.44. The zero-order valence-corrected chi connectivity index (χ0v) is 16.0. The number of fused-ring (bicyclic) bond motifs is 1. The maximum Gasteiger partial charge on any atom is 0.254 e. The lowest BCUT2D eigenvalue weighted by Crippen LogP contribution is -2.30. The summed E-state index contributed by atoms with van der Waals surface area (Å²) >= 11 is 1.54. The van der Waals surface area contributed by atoms with Crippen LogP contribution in [0.5, 0.6) is 5.75 Å². The summed E-state index contributed by atoms with van der Waals surface area (Å²) in [7, 11) is 1.61. The van der Waals surface area contributed by atoms with E-state index >= 15 is 0 Å². The highest BCUT2D eigenvalue weighted by atomic mass is 32.2. The van der Waals surface area contributed by atoms with Crippen molar-refractivity contribution in [3.8, 4) is 5.75 Å². The number of methoxy groups -OCH3 is 1. The summed E-state index contributed by atoms with van der Waals surface area (Å²) in [5.41, 5.74) is 1.70. The molecule has 0 bridgehead atoms. The molecule has 7 heteroatoms. The highest BCUT2D eigenvalue weighted by molar-refractivity contribution is 7.99. The van der Waals surface area contributed by atoms with Gasteiger partial charge < -0.3 is 10.1 Å². The van der Waals surface area contributed by atoms with Crippen molar-refractivity contribution in [1.29, 1.82) is 0 Å². The number of hydrogen-bond acceptors (Lipinski definition) is 5. The third-order valence-electron chi connectivity index (χ3n) is 4.35. The van der Waals surface area contributed by atoms with E-state index in [9.17, 15) is 9.59 Å². The maximum atomic E-state index is 12.4. The number of benzene rings is 1. The summed E-state index contributed by atoms with van der Waals surface area (Å²) in [5.74, 6) is 1.58. The van der Waals surface area contributed by atoms with E-state index in [0.29, 0.717) is 17.5 Å². The Morgan fingerprint density at radius 2 is 2.23 bits per heavy atom. The molecule has 0 fully saturated rings. The van der Waals surface area contributed by atoms with Crippen LogP contribution in [0.1, 0.15) is 43.5 Å². The molecule has 1 N–H and O–H groups in total. The Bertz CT molecular complexity index is 863. The van der Waals surface area contributed by atoms with Gasteiger partial charge in [0, 0.05) is 24.8 Å². The van der Waals surface area contributed by atoms with Crippen molar-refractivity contribution in [3.05, 3.63) is 51.9 Å². The molecule has 2 aromatic rings. The Kier molecular flexibility index (Phi) is 5.66. The fraction of sp³-hybridized carbons (Fsp3) is 0.421. The van der Waals surface area contributed by atoms with Crippen LogP contribution in [0.2, 0.25) is 0 Å². The predicted molar refractivity (Wildman–Crippen MR) is 102 cm³/mol. The molecule has 6 nitrogen and oxygen atoms in total. The Balaban J connectivity index is 1.64. The number of carbonyl (C=O) groups is 1. The van der Waals surface area contributed by atoms with Crippen LogP contribution in [0.4, 0.5) is 0 Å². The van der Waals surface area contributed by atoms with Crippen molar-refractivity contribution in [2.24, 2.45) is 0 Å². The van der Waals surface area contributed by atoms with Gasteiger partial charge in [-0.1, -0.05) is 37.7 Å². The minimum Gasteiger partial charge on any atom is -0.497 e. The zero-order chi connectivity index (χ0) is 18.7. The molecule has 138 valence electrons. The van der Waals surface area contributed by atoms with Crippen LogP contribution in [-0.2, 0) is 11.3 Å². The normalized spacial score (nSPS) is 15.8. The summed E-state index contributed by atoms with van der Waals surface area (Å²) in [5, 5.41) is 3.63. The average molecular weight is 373 g/mol. The molecular formula is C19H23N3O3S. The molecule has 0 saturated heterocycles. The second kappa shape index (κ2) is 7.95. The summed E-state index contributed by atoms with van der Waals surface area (Å²) in [6, 6.07) is 9.02. The van der Waals surface area contributed by atoms with Gasteiger partial charge in [0.1, 0.15) is 5.75 Å². The number of ether oxygens (including phenoxy) is 1. The highest BCUT2D eigenvalue weighted by Gasteiger charge is 2.27. The van der Waals surface area contributed by atoms with E-state index < -0.39 is 0 Å². The first-order valence-corrected chi connectivity index (χ1v) is 9.62. The molecule has 1 atom stereocenters.